The van der Waals surface area contributed by atoms with Gasteiger partial charge in [0.05, 0.1) is 20.2 Å². The second kappa shape index (κ2) is 8.38. The van der Waals surface area contributed by atoms with E-state index in [0.29, 0.717) is 28.1 Å². The van der Waals surface area contributed by atoms with Crippen LogP contribution in [0.15, 0.2) is 36.0 Å². The van der Waals surface area contributed by atoms with Crippen molar-refractivity contribution < 1.29 is 17.9 Å². The van der Waals surface area contributed by atoms with Gasteiger partial charge in [-0.2, -0.15) is 4.31 Å². The lowest BCUT2D eigenvalue weighted by Gasteiger charge is -2.32. The van der Waals surface area contributed by atoms with Gasteiger partial charge in [0.2, 0.25) is 15.9 Å². The van der Waals surface area contributed by atoms with Crippen LogP contribution in [0.2, 0.25) is 4.34 Å². The van der Waals surface area contributed by atoms with Gasteiger partial charge in [-0.25, -0.2) is 8.42 Å². The monoisotopic (exact) mass is 466 g/mol. The first-order valence-corrected chi connectivity index (χ1v) is 11.8. The van der Waals surface area contributed by atoms with E-state index in [9.17, 15) is 13.2 Å². The van der Waals surface area contributed by atoms with E-state index in [0.717, 1.165) is 22.0 Å². The molecule has 1 aliphatic heterocycles. The highest BCUT2D eigenvalue weighted by molar-refractivity contribution is 7.92. The van der Waals surface area contributed by atoms with Crippen LogP contribution in [0.25, 0.3) is 17.0 Å². The van der Waals surface area contributed by atoms with Gasteiger partial charge < -0.3 is 14.6 Å². The van der Waals surface area contributed by atoms with Gasteiger partial charge in [-0.1, -0.05) is 11.6 Å². The molecule has 1 amide bonds. The molecular weight excluding hydrogens is 448 g/mol. The van der Waals surface area contributed by atoms with Crippen molar-refractivity contribution in [1.82, 2.24) is 19.2 Å². The molecule has 0 radical (unpaired) electrons. The summed E-state index contributed by atoms with van der Waals surface area (Å²) in [5.74, 6) is 0.256. The highest BCUT2D eigenvalue weighted by atomic mass is 35.5. The van der Waals surface area contributed by atoms with Crippen molar-refractivity contribution in [2.24, 2.45) is 0 Å². The number of halogens is 1. The smallest absolute Gasteiger partial charge is 0.238 e. The largest absolute Gasteiger partial charge is 0.494 e. The molecule has 8 nitrogen and oxygen atoms in total. The summed E-state index contributed by atoms with van der Waals surface area (Å²) in [4.78, 5) is 22.2. The van der Waals surface area contributed by atoms with Gasteiger partial charge in [-0.05, 0) is 24.3 Å². The molecule has 1 aliphatic rings. The molecule has 0 spiro atoms. The van der Waals surface area contributed by atoms with Crippen molar-refractivity contribution >= 4 is 55.8 Å². The molecule has 0 unspecified atom stereocenters. The van der Waals surface area contributed by atoms with Crippen LogP contribution in [0.1, 0.15) is 10.6 Å². The van der Waals surface area contributed by atoms with E-state index in [-0.39, 0.29) is 19.0 Å². The molecule has 1 saturated heterocycles. The van der Waals surface area contributed by atoms with Crippen LogP contribution in [0.3, 0.4) is 0 Å². The molecule has 0 atom stereocenters. The standard InChI is InChI=1S/C19H19ClN4O4S2/c1-28-17-9-15(29-19(17)20)3-7-30(26,27)24-6-5-23(18(25)12-24)11-14-8-13-10-21-4-2-16(13)22-14/h2-4,7-10,22H,5-6,11-12H2,1H3/b7-3+. The Morgan fingerprint density at radius 1 is 1.37 bits per heavy atom. The molecule has 1 N–H and O–H groups in total. The molecule has 3 aromatic rings. The number of amides is 1. The summed E-state index contributed by atoms with van der Waals surface area (Å²) < 4.78 is 32.0. The summed E-state index contributed by atoms with van der Waals surface area (Å²) in [5, 5.41) is 2.07. The molecule has 0 aliphatic carbocycles. The Hall–Kier alpha value is -2.40. The van der Waals surface area contributed by atoms with Crippen LogP contribution in [0.5, 0.6) is 5.75 Å². The minimum atomic E-state index is -3.73. The fourth-order valence-electron chi connectivity index (χ4n) is 3.22. The average Bonchev–Trinajstić information content (AvgIpc) is 3.30. The Labute approximate surface area is 182 Å². The van der Waals surface area contributed by atoms with Gasteiger partial charge in [0.1, 0.15) is 10.1 Å². The highest BCUT2D eigenvalue weighted by Gasteiger charge is 2.30. The fraction of sp³-hybridized carbons (Fsp3) is 0.263. The van der Waals surface area contributed by atoms with Crippen molar-refractivity contribution in [1.29, 1.82) is 0 Å². The van der Waals surface area contributed by atoms with E-state index in [1.54, 1.807) is 23.4 Å². The minimum absolute atomic E-state index is 0.191. The number of H-pyrrole nitrogens is 1. The van der Waals surface area contributed by atoms with Gasteiger partial charge >= 0.3 is 0 Å². The lowest BCUT2D eigenvalue weighted by Crippen LogP contribution is -2.51. The van der Waals surface area contributed by atoms with Crippen molar-refractivity contribution in [3.05, 3.63) is 50.9 Å². The van der Waals surface area contributed by atoms with Crippen LogP contribution >= 0.6 is 22.9 Å². The summed E-state index contributed by atoms with van der Waals surface area (Å²) in [6.45, 7) is 0.751. The summed E-state index contributed by atoms with van der Waals surface area (Å²) in [6.07, 6.45) is 4.92. The third-order valence-corrected chi connectivity index (χ3v) is 7.58. The van der Waals surface area contributed by atoms with Crippen molar-refractivity contribution in [3.8, 4) is 5.75 Å². The topological polar surface area (TPSA) is 95.6 Å². The number of sulfonamides is 1. The first-order chi connectivity index (χ1) is 14.4. The number of hydrogen-bond acceptors (Lipinski definition) is 6. The predicted molar refractivity (Wildman–Crippen MR) is 117 cm³/mol. The first kappa shape index (κ1) is 20.9. The maximum atomic E-state index is 12.6. The highest BCUT2D eigenvalue weighted by Crippen LogP contribution is 2.34. The van der Waals surface area contributed by atoms with E-state index in [1.807, 2.05) is 12.1 Å². The number of carbonyl (C=O) groups is 1. The zero-order chi connectivity index (χ0) is 21.3. The van der Waals surface area contributed by atoms with Crippen LogP contribution in [-0.4, -0.2) is 60.2 Å². The number of rotatable bonds is 6. The van der Waals surface area contributed by atoms with Crippen molar-refractivity contribution in [2.75, 3.05) is 26.7 Å². The van der Waals surface area contributed by atoms with Crippen LogP contribution < -0.4 is 4.74 Å². The Morgan fingerprint density at radius 2 is 2.20 bits per heavy atom. The molecule has 4 heterocycles. The predicted octanol–water partition coefficient (Wildman–Crippen LogP) is 2.93. The fourth-order valence-corrected chi connectivity index (χ4v) is 5.58. The number of ether oxygens (including phenoxy) is 1. The van der Waals surface area contributed by atoms with E-state index in [2.05, 4.69) is 9.97 Å². The lowest BCUT2D eigenvalue weighted by molar-refractivity contribution is -0.134. The Kier molecular flexibility index (Phi) is 5.83. The van der Waals surface area contributed by atoms with Gasteiger partial charge in [0.25, 0.3) is 0 Å². The van der Waals surface area contributed by atoms with Crippen LogP contribution in [0, 0.1) is 0 Å². The summed E-state index contributed by atoms with van der Waals surface area (Å²) in [5.41, 5.74) is 1.83. The molecule has 0 saturated carbocycles. The van der Waals surface area contributed by atoms with Gasteiger partial charge in [0, 0.05) is 52.4 Å². The van der Waals surface area contributed by atoms with Crippen LogP contribution in [-0.2, 0) is 21.4 Å². The maximum Gasteiger partial charge on any atom is 0.238 e. The number of nitrogens with one attached hydrogen (secondary N) is 1. The molecule has 3 aromatic heterocycles. The number of thiophene rings is 1. The Balaban J connectivity index is 1.41. The maximum absolute atomic E-state index is 12.6. The van der Waals surface area contributed by atoms with Gasteiger partial charge in [-0.15, -0.1) is 11.3 Å². The quantitative estimate of drug-likeness (QED) is 0.602. The third-order valence-electron chi connectivity index (χ3n) is 4.78. The normalized spacial score (nSPS) is 16.1. The molecule has 0 aromatic carbocycles. The molecule has 30 heavy (non-hydrogen) atoms. The van der Waals surface area contributed by atoms with E-state index >= 15 is 0 Å². The van der Waals surface area contributed by atoms with Crippen molar-refractivity contribution in [2.45, 2.75) is 6.54 Å². The van der Waals surface area contributed by atoms with Crippen LogP contribution in [0.4, 0.5) is 0 Å². The number of hydrogen-bond donors (Lipinski definition) is 1. The molecular formula is C19H19ClN4O4S2. The summed E-state index contributed by atoms with van der Waals surface area (Å²) >= 11 is 7.23. The number of fused-ring (bicyclic) bond motifs is 1. The second-order valence-corrected chi connectivity index (χ2v) is 10.2. The van der Waals surface area contributed by atoms with Gasteiger partial charge in [0.15, 0.2) is 0 Å². The zero-order valence-corrected chi connectivity index (χ0v) is 18.4. The number of methoxy groups -OCH3 is 1. The molecule has 1 fully saturated rings. The summed E-state index contributed by atoms with van der Waals surface area (Å²) in [7, 11) is -2.23. The molecule has 158 valence electrons. The first-order valence-electron chi connectivity index (χ1n) is 9.06. The molecule has 11 heteroatoms. The van der Waals surface area contributed by atoms with Gasteiger partial charge in [-0.3, -0.25) is 9.78 Å². The number of aromatic amines is 1. The lowest BCUT2D eigenvalue weighted by atomic mass is 10.3. The summed E-state index contributed by atoms with van der Waals surface area (Å²) in [6, 6.07) is 5.48. The molecule has 0 bridgehead atoms. The van der Waals surface area contributed by atoms with Crippen molar-refractivity contribution in [3.63, 3.8) is 0 Å². The second-order valence-electron chi connectivity index (χ2n) is 6.74. The average molecular weight is 467 g/mol. The Bertz CT molecular complexity index is 1190. The minimum Gasteiger partial charge on any atom is -0.494 e. The SMILES string of the molecule is COc1cc(/C=C/S(=O)(=O)N2CCN(Cc3cc4cnccc4[nH]3)C(=O)C2)sc1Cl. The number of aromatic nitrogens is 2. The van der Waals surface area contributed by atoms with E-state index in [4.69, 9.17) is 16.3 Å². The number of piperazine rings is 1. The number of carbonyl (C=O) groups excluding carboxylic acids is 1. The number of pyridine rings is 1. The van der Waals surface area contributed by atoms with E-state index in [1.165, 1.54) is 28.8 Å². The van der Waals surface area contributed by atoms with E-state index < -0.39 is 10.0 Å². The zero-order valence-electron chi connectivity index (χ0n) is 16.0. The third kappa shape index (κ3) is 4.36. The Morgan fingerprint density at radius 3 is 2.90 bits per heavy atom. The number of nitrogens with zero attached hydrogens (tertiary/aromatic N) is 3. The molecule has 4 rings (SSSR count).